The summed E-state index contributed by atoms with van der Waals surface area (Å²) in [7, 11) is -2.25. The van der Waals surface area contributed by atoms with Crippen molar-refractivity contribution < 1.29 is 18.8 Å². The lowest BCUT2D eigenvalue weighted by molar-refractivity contribution is 0.0538. The standard InChI is InChI=1S/C17H24O4Si/c1-7-12-20-15(18)13-10-8-9-11-14(13)16(19)21-22(5,6)17(2,3)4/h7-11H,1,12H2,2-6H3. The van der Waals surface area contributed by atoms with Crippen LogP contribution in [0.2, 0.25) is 18.1 Å². The van der Waals surface area contributed by atoms with E-state index in [-0.39, 0.29) is 22.8 Å². The summed E-state index contributed by atoms with van der Waals surface area (Å²) < 4.78 is 10.8. The average Bonchev–Trinajstić information content (AvgIpc) is 2.43. The van der Waals surface area contributed by atoms with Gasteiger partial charge in [0.05, 0.1) is 11.1 Å². The zero-order chi connectivity index (χ0) is 17.0. The van der Waals surface area contributed by atoms with Crippen LogP contribution >= 0.6 is 0 Å². The van der Waals surface area contributed by atoms with E-state index in [1.807, 2.05) is 13.1 Å². The molecule has 0 N–H and O–H groups in total. The third kappa shape index (κ3) is 4.30. The molecule has 5 heteroatoms. The molecule has 0 aliphatic carbocycles. The van der Waals surface area contributed by atoms with E-state index >= 15 is 0 Å². The van der Waals surface area contributed by atoms with E-state index < -0.39 is 20.3 Å². The van der Waals surface area contributed by atoms with Crippen LogP contribution in [-0.4, -0.2) is 26.9 Å². The maximum atomic E-state index is 12.5. The molecule has 0 aliphatic rings. The van der Waals surface area contributed by atoms with Crippen molar-refractivity contribution >= 4 is 20.3 Å². The Morgan fingerprint density at radius 1 is 1.14 bits per heavy atom. The highest BCUT2D eigenvalue weighted by molar-refractivity contribution is 6.75. The van der Waals surface area contributed by atoms with Crippen LogP contribution in [0.5, 0.6) is 0 Å². The summed E-state index contributed by atoms with van der Waals surface area (Å²) in [4.78, 5) is 24.5. The Balaban J connectivity index is 3.05. The van der Waals surface area contributed by atoms with Crippen LogP contribution in [0.4, 0.5) is 0 Å². The van der Waals surface area contributed by atoms with Crippen LogP contribution in [0.25, 0.3) is 0 Å². The number of carbonyl (C=O) groups is 2. The molecular formula is C17H24O4Si. The van der Waals surface area contributed by atoms with Gasteiger partial charge in [0.1, 0.15) is 6.61 Å². The van der Waals surface area contributed by atoms with Gasteiger partial charge in [0.25, 0.3) is 8.32 Å². The second-order valence-electron chi connectivity index (χ2n) is 6.58. The summed E-state index contributed by atoms with van der Waals surface area (Å²) in [6, 6.07) is 6.54. The Morgan fingerprint density at radius 2 is 1.64 bits per heavy atom. The minimum atomic E-state index is -2.25. The van der Waals surface area contributed by atoms with Gasteiger partial charge in [-0.15, -0.1) is 0 Å². The van der Waals surface area contributed by atoms with Crippen molar-refractivity contribution in [2.75, 3.05) is 6.61 Å². The lowest BCUT2D eigenvalue weighted by atomic mass is 10.1. The monoisotopic (exact) mass is 320 g/mol. The summed E-state index contributed by atoms with van der Waals surface area (Å²) in [6.07, 6.45) is 1.48. The first-order valence-corrected chi connectivity index (χ1v) is 10.1. The summed E-state index contributed by atoms with van der Waals surface area (Å²) in [6.45, 7) is 13.7. The fraction of sp³-hybridized carbons (Fsp3) is 0.412. The first-order valence-electron chi connectivity index (χ1n) is 7.20. The number of hydrogen-bond donors (Lipinski definition) is 0. The Morgan fingerprint density at radius 3 is 2.09 bits per heavy atom. The summed E-state index contributed by atoms with van der Waals surface area (Å²) in [5.41, 5.74) is 0.453. The van der Waals surface area contributed by atoms with Gasteiger partial charge in [-0.05, 0) is 30.3 Å². The van der Waals surface area contributed by atoms with Gasteiger partial charge in [-0.3, -0.25) is 0 Å². The predicted molar refractivity (Wildman–Crippen MR) is 89.5 cm³/mol. The van der Waals surface area contributed by atoms with Gasteiger partial charge in [0.15, 0.2) is 0 Å². The van der Waals surface area contributed by atoms with E-state index in [4.69, 9.17) is 9.16 Å². The van der Waals surface area contributed by atoms with E-state index in [2.05, 4.69) is 27.4 Å². The number of benzene rings is 1. The zero-order valence-electron chi connectivity index (χ0n) is 13.9. The molecule has 0 atom stereocenters. The van der Waals surface area contributed by atoms with E-state index in [9.17, 15) is 9.59 Å². The molecular weight excluding hydrogens is 296 g/mol. The Hall–Kier alpha value is -1.88. The molecule has 1 rings (SSSR count). The molecule has 0 saturated carbocycles. The van der Waals surface area contributed by atoms with E-state index in [1.54, 1.807) is 24.3 Å². The molecule has 0 bridgehead atoms. The molecule has 1 aromatic carbocycles. The quantitative estimate of drug-likeness (QED) is 0.464. The van der Waals surface area contributed by atoms with Gasteiger partial charge in [0.2, 0.25) is 0 Å². The number of ether oxygens (including phenoxy) is 1. The van der Waals surface area contributed by atoms with Crippen molar-refractivity contribution in [2.24, 2.45) is 0 Å². The van der Waals surface area contributed by atoms with Crippen molar-refractivity contribution in [3.8, 4) is 0 Å². The lowest BCUT2D eigenvalue weighted by Crippen LogP contribution is -2.42. The Bertz CT molecular complexity index is 570. The van der Waals surface area contributed by atoms with Crippen LogP contribution in [0.15, 0.2) is 36.9 Å². The second-order valence-corrected chi connectivity index (χ2v) is 11.3. The summed E-state index contributed by atoms with van der Waals surface area (Å²) in [5, 5.41) is -0.0963. The van der Waals surface area contributed by atoms with Gasteiger partial charge in [-0.2, -0.15) is 0 Å². The van der Waals surface area contributed by atoms with Crippen molar-refractivity contribution in [3.05, 3.63) is 48.0 Å². The number of esters is 1. The minimum Gasteiger partial charge on any atom is -0.516 e. The van der Waals surface area contributed by atoms with Crippen LogP contribution in [0.3, 0.4) is 0 Å². The van der Waals surface area contributed by atoms with Gasteiger partial charge >= 0.3 is 11.9 Å². The highest BCUT2D eigenvalue weighted by atomic mass is 28.4. The van der Waals surface area contributed by atoms with Gasteiger partial charge in [-0.1, -0.05) is 45.6 Å². The molecule has 4 nitrogen and oxygen atoms in total. The number of carbonyl (C=O) groups excluding carboxylic acids is 2. The molecule has 0 fully saturated rings. The molecule has 22 heavy (non-hydrogen) atoms. The Labute approximate surface area is 133 Å². The van der Waals surface area contributed by atoms with Crippen LogP contribution in [-0.2, 0) is 9.16 Å². The molecule has 0 amide bonds. The highest BCUT2D eigenvalue weighted by Crippen LogP contribution is 2.37. The maximum absolute atomic E-state index is 12.5. The average molecular weight is 320 g/mol. The fourth-order valence-corrected chi connectivity index (χ4v) is 2.37. The number of rotatable bonds is 5. The SMILES string of the molecule is C=CCOC(=O)c1ccccc1C(=O)O[Si](C)(C)C(C)(C)C. The first-order chi connectivity index (χ1) is 10.1. The van der Waals surface area contributed by atoms with Gasteiger partial charge in [-0.25, -0.2) is 9.59 Å². The highest BCUT2D eigenvalue weighted by Gasteiger charge is 2.41. The molecule has 0 saturated heterocycles. The molecule has 0 heterocycles. The topological polar surface area (TPSA) is 52.6 Å². The summed E-state index contributed by atoms with van der Waals surface area (Å²) >= 11 is 0. The minimum absolute atomic E-state index is 0.0963. The van der Waals surface area contributed by atoms with Crippen molar-refractivity contribution in [1.29, 1.82) is 0 Å². The molecule has 120 valence electrons. The smallest absolute Gasteiger partial charge is 0.339 e. The van der Waals surface area contributed by atoms with Gasteiger partial charge < -0.3 is 9.16 Å². The summed E-state index contributed by atoms with van der Waals surface area (Å²) in [5.74, 6) is -1.03. The lowest BCUT2D eigenvalue weighted by Gasteiger charge is -2.35. The van der Waals surface area contributed by atoms with Crippen LogP contribution < -0.4 is 0 Å². The van der Waals surface area contributed by atoms with Crippen molar-refractivity contribution in [1.82, 2.24) is 0 Å². The maximum Gasteiger partial charge on any atom is 0.339 e. The molecule has 0 spiro atoms. The largest absolute Gasteiger partial charge is 0.516 e. The number of hydrogen-bond acceptors (Lipinski definition) is 4. The normalized spacial score (nSPS) is 11.7. The third-order valence-corrected chi connectivity index (χ3v) is 8.16. The Kier molecular flexibility index (Phi) is 5.71. The molecule has 0 unspecified atom stereocenters. The zero-order valence-corrected chi connectivity index (χ0v) is 14.9. The third-order valence-electron chi connectivity index (χ3n) is 3.85. The molecule has 0 aliphatic heterocycles. The van der Waals surface area contributed by atoms with E-state index in [0.717, 1.165) is 0 Å². The first kappa shape index (κ1) is 18.2. The molecule has 0 aromatic heterocycles. The second kappa shape index (κ2) is 6.92. The van der Waals surface area contributed by atoms with Crippen LogP contribution in [0.1, 0.15) is 41.5 Å². The van der Waals surface area contributed by atoms with E-state index in [1.165, 1.54) is 6.08 Å². The predicted octanol–water partition coefficient (Wildman–Crippen LogP) is 4.19. The van der Waals surface area contributed by atoms with Gasteiger partial charge in [0, 0.05) is 0 Å². The van der Waals surface area contributed by atoms with Crippen molar-refractivity contribution in [3.63, 3.8) is 0 Å². The van der Waals surface area contributed by atoms with Crippen LogP contribution in [0, 0.1) is 0 Å². The van der Waals surface area contributed by atoms with Crippen molar-refractivity contribution in [2.45, 2.75) is 38.9 Å². The molecule has 1 aromatic rings. The van der Waals surface area contributed by atoms with E-state index in [0.29, 0.717) is 0 Å². The molecule has 0 radical (unpaired) electrons. The fourth-order valence-electron chi connectivity index (χ4n) is 1.49.